The molecule has 0 bridgehead atoms. The summed E-state index contributed by atoms with van der Waals surface area (Å²) in [6.07, 6.45) is -1.51. The van der Waals surface area contributed by atoms with E-state index in [4.69, 9.17) is 0 Å². The molecule has 2 N–H and O–H groups in total. The molecule has 0 unspecified atom stereocenters. The molecule has 1 amide bonds. The summed E-state index contributed by atoms with van der Waals surface area (Å²) in [6.45, 7) is -0.129. The van der Waals surface area contributed by atoms with Crippen molar-refractivity contribution in [2.24, 2.45) is 0 Å². The number of amides is 1. The molecule has 122 valence electrons. The Morgan fingerprint density at radius 1 is 1.32 bits per heavy atom. The number of ether oxygens (including phenoxy) is 1. The molecule has 1 aromatic rings. The smallest absolute Gasteiger partial charge is 0.406 e. The van der Waals surface area contributed by atoms with Crippen molar-refractivity contribution in [1.82, 2.24) is 5.32 Å². The Labute approximate surface area is 126 Å². The molecular weight excluding hydrogens is 299 g/mol. The largest absolute Gasteiger partial charge is 0.573 e. The first-order chi connectivity index (χ1) is 10.3. The molecule has 0 heterocycles. The molecule has 0 aromatic heterocycles. The van der Waals surface area contributed by atoms with Gasteiger partial charge in [0, 0.05) is 0 Å². The Kier molecular flexibility index (Phi) is 4.95. The van der Waals surface area contributed by atoms with Crippen molar-refractivity contribution >= 4 is 5.91 Å². The Balaban J connectivity index is 1.98. The van der Waals surface area contributed by atoms with Crippen LogP contribution in [-0.4, -0.2) is 29.5 Å². The third-order valence-corrected chi connectivity index (χ3v) is 3.76. The van der Waals surface area contributed by atoms with Crippen molar-refractivity contribution in [3.8, 4) is 5.75 Å². The molecule has 0 aliphatic heterocycles. The van der Waals surface area contributed by atoms with Crippen LogP contribution in [0.3, 0.4) is 0 Å². The monoisotopic (exact) mass is 317 g/mol. The van der Waals surface area contributed by atoms with Gasteiger partial charge in [0.15, 0.2) is 0 Å². The van der Waals surface area contributed by atoms with Gasteiger partial charge in [0.25, 0.3) is 0 Å². The minimum absolute atomic E-state index is 0.0587. The van der Waals surface area contributed by atoms with Crippen LogP contribution in [0.25, 0.3) is 0 Å². The molecule has 2 rings (SSSR count). The van der Waals surface area contributed by atoms with Gasteiger partial charge in [0.1, 0.15) is 5.75 Å². The van der Waals surface area contributed by atoms with E-state index in [2.05, 4.69) is 10.1 Å². The lowest BCUT2D eigenvalue weighted by molar-refractivity contribution is -0.274. The van der Waals surface area contributed by atoms with E-state index in [1.165, 1.54) is 18.2 Å². The molecule has 1 aromatic carbocycles. The van der Waals surface area contributed by atoms with Gasteiger partial charge in [-0.1, -0.05) is 25.0 Å². The van der Waals surface area contributed by atoms with Crippen LogP contribution in [0.5, 0.6) is 5.75 Å². The molecule has 0 saturated heterocycles. The summed E-state index contributed by atoms with van der Waals surface area (Å²) in [7, 11) is 0. The number of nitrogens with one attached hydrogen (secondary N) is 1. The number of halogens is 3. The summed E-state index contributed by atoms with van der Waals surface area (Å²) in [5, 5.41) is 12.2. The molecule has 1 aliphatic rings. The first kappa shape index (κ1) is 16.6. The minimum atomic E-state index is -4.76. The van der Waals surface area contributed by atoms with Gasteiger partial charge in [0.05, 0.1) is 18.6 Å². The van der Waals surface area contributed by atoms with Gasteiger partial charge in [-0.2, -0.15) is 0 Å². The van der Waals surface area contributed by atoms with Gasteiger partial charge in [-0.25, -0.2) is 0 Å². The molecule has 22 heavy (non-hydrogen) atoms. The van der Waals surface area contributed by atoms with Crippen LogP contribution in [-0.2, 0) is 11.2 Å². The van der Waals surface area contributed by atoms with Crippen LogP contribution in [0, 0.1) is 0 Å². The predicted octanol–water partition coefficient (Wildman–Crippen LogP) is 2.55. The zero-order valence-electron chi connectivity index (χ0n) is 11.9. The summed E-state index contributed by atoms with van der Waals surface area (Å²) in [6, 6.07) is 5.33. The van der Waals surface area contributed by atoms with Crippen LogP contribution in [0.2, 0.25) is 0 Å². The fourth-order valence-corrected chi connectivity index (χ4v) is 2.75. The highest BCUT2D eigenvalue weighted by Crippen LogP contribution is 2.29. The van der Waals surface area contributed by atoms with Crippen LogP contribution in [0.4, 0.5) is 13.2 Å². The lowest BCUT2D eigenvalue weighted by Gasteiger charge is -2.28. The van der Waals surface area contributed by atoms with E-state index >= 15 is 0 Å². The molecule has 1 saturated carbocycles. The Hall–Kier alpha value is -1.76. The third kappa shape index (κ3) is 4.62. The van der Waals surface area contributed by atoms with E-state index in [0.29, 0.717) is 18.4 Å². The molecule has 0 radical (unpaired) electrons. The zero-order chi connectivity index (χ0) is 16.2. The topological polar surface area (TPSA) is 58.6 Å². The maximum atomic E-state index is 12.2. The first-order valence-electron chi connectivity index (χ1n) is 7.08. The van der Waals surface area contributed by atoms with Crippen molar-refractivity contribution in [1.29, 1.82) is 0 Å². The Morgan fingerprint density at radius 3 is 2.59 bits per heavy atom. The average molecular weight is 317 g/mol. The fourth-order valence-electron chi connectivity index (χ4n) is 2.75. The number of hydrogen-bond acceptors (Lipinski definition) is 3. The van der Waals surface area contributed by atoms with E-state index in [-0.39, 0.29) is 24.7 Å². The van der Waals surface area contributed by atoms with E-state index in [9.17, 15) is 23.1 Å². The average Bonchev–Trinajstić information content (AvgIpc) is 2.86. The summed E-state index contributed by atoms with van der Waals surface area (Å²) in [4.78, 5) is 12.0. The number of rotatable bonds is 5. The lowest BCUT2D eigenvalue weighted by atomic mass is 9.98. The van der Waals surface area contributed by atoms with E-state index in [0.717, 1.165) is 12.8 Å². The number of benzene rings is 1. The Bertz CT molecular complexity index is 525. The quantitative estimate of drug-likeness (QED) is 0.877. The second-order valence-electron chi connectivity index (χ2n) is 5.57. The number of carbonyl (C=O) groups is 1. The van der Waals surface area contributed by atoms with Crippen molar-refractivity contribution in [2.45, 2.75) is 44.0 Å². The lowest BCUT2D eigenvalue weighted by Crippen LogP contribution is -2.49. The minimum Gasteiger partial charge on any atom is -0.406 e. The van der Waals surface area contributed by atoms with Crippen molar-refractivity contribution in [3.63, 3.8) is 0 Å². The second-order valence-corrected chi connectivity index (χ2v) is 5.57. The molecular formula is C15H18F3NO3. The highest BCUT2D eigenvalue weighted by Gasteiger charge is 2.34. The van der Waals surface area contributed by atoms with Gasteiger partial charge < -0.3 is 15.2 Å². The van der Waals surface area contributed by atoms with Gasteiger partial charge in [-0.15, -0.1) is 13.2 Å². The standard InChI is InChI=1S/C15H18F3NO3/c16-15(17,18)22-12-5-3-4-11(8-12)9-13(21)19-14(10-20)6-1-2-7-14/h3-5,8,20H,1-2,6-7,9-10H2,(H,19,21). The number of carbonyl (C=O) groups excluding carboxylic acids is 1. The Morgan fingerprint density at radius 2 is 2.00 bits per heavy atom. The highest BCUT2D eigenvalue weighted by molar-refractivity contribution is 5.79. The zero-order valence-corrected chi connectivity index (χ0v) is 11.9. The van der Waals surface area contributed by atoms with Gasteiger partial charge in [-0.3, -0.25) is 4.79 Å². The van der Waals surface area contributed by atoms with Crippen LogP contribution in [0.1, 0.15) is 31.2 Å². The van der Waals surface area contributed by atoms with Gasteiger partial charge in [-0.05, 0) is 30.5 Å². The normalized spacial score (nSPS) is 17.3. The highest BCUT2D eigenvalue weighted by atomic mass is 19.4. The maximum absolute atomic E-state index is 12.2. The summed E-state index contributed by atoms with van der Waals surface area (Å²) < 4.78 is 40.3. The second kappa shape index (κ2) is 6.56. The van der Waals surface area contributed by atoms with Crippen LogP contribution < -0.4 is 10.1 Å². The van der Waals surface area contributed by atoms with Crippen molar-refractivity contribution in [3.05, 3.63) is 29.8 Å². The molecule has 7 heteroatoms. The van der Waals surface area contributed by atoms with Gasteiger partial charge in [0.2, 0.25) is 5.91 Å². The first-order valence-corrected chi connectivity index (χ1v) is 7.08. The van der Waals surface area contributed by atoms with Crippen LogP contribution >= 0.6 is 0 Å². The van der Waals surface area contributed by atoms with E-state index < -0.39 is 11.9 Å². The number of alkyl halides is 3. The number of hydrogen-bond donors (Lipinski definition) is 2. The third-order valence-electron chi connectivity index (χ3n) is 3.76. The van der Waals surface area contributed by atoms with E-state index in [1.54, 1.807) is 6.07 Å². The molecule has 1 fully saturated rings. The number of aliphatic hydroxyl groups is 1. The van der Waals surface area contributed by atoms with Crippen molar-refractivity contribution < 1.29 is 27.8 Å². The summed E-state index contributed by atoms with van der Waals surface area (Å²) >= 11 is 0. The summed E-state index contributed by atoms with van der Waals surface area (Å²) in [5.74, 6) is -0.671. The molecule has 1 aliphatic carbocycles. The van der Waals surface area contributed by atoms with Gasteiger partial charge >= 0.3 is 6.36 Å². The van der Waals surface area contributed by atoms with E-state index in [1.807, 2.05) is 0 Å². The SMILES string of the molecule is O=C(Cc1cccc(OC(F)(F)F)c1)NC1(CO)CCCC1. The predicted molar refractivity (Wildman–Crippen MR) is 73.3 cm³/mol. The van der Waals surface area contributed by atoms with Crippen molar-refractivity contribution in [2.75, 3.05) is 6.61 Å². The maximum Gasteiger partial charge on any atom is 0.573 e. The molecule has 0 atom stereocenters. The fraction of sp³-hybridized carbons (Fsp3) is 0.533. The molecule has 0 spiro atoms. The molecule has 4 nitrogen and oxygen atoms in total. The summed E-state index contributed by atoms with van der Waals surface area (Å²) in [5.41, 5.74) is -0.165. The number of aliphatic hydroxyl groups excluding tert-OH is 1. The van der Waals surface area contributed by atoms with Crippen LogP contribution in [0.15, 0.2) is 24.3 Å².